The first-order valence-electron chi connectivity index (χ1n) is 4.84. The van der Waals surface area contributed by atoms with Gasteiger partial charge in [-0.05, 0) is 11.8 Å². The Morgan fingerprint density at radius 3 is 2.21 bits per heavy atom. The number of aliphatic hydroxyl groups is 1. The van der Waals surface area contributed by atoms with Crippen molar-refractivity contribution in [3.8, 4) is 0 Å². The monoisotopic (exact) mass is 223 g/mol. The van der Waals surface area contributed by atoms with Gasteiger partial charge in [0.15, 0.2) is 0 Å². The molecule has 0 rings (SSSR count). The van der Waals surface area contributed by atoms with E-state index in [9.17, 15) is 13.5 Å². The lowest BCUT2D eigenvalue weighted by Crippen LogP contribution is -2.39. The van der Waals surface area contributed by atoms with Crippen molar-refractivity contribution >= 4 is 10.0 Å². The van der Waals surface area contributed by atoms with Crippen LogP contribution < -0.4 is 4.72 Å². The molecule has 5 heteroatoms. The molecule has 0 aromatic carbocycles. The van der Waals surface area contributed by atoms with Crippen molar-refractivity contribution in [1.29, 1.82) is 0 Å². The third-order valence-corrected chi connectivity index (χ3v) is 3.52. The first-order valence-corrected chi connectivity index (χ1v) is 6.49. The van der Waals surface area contributed by atoms with Crippen LogP contribution in [0.5, 0.6) is 0 Å². The molecule has 0 amide bonds. The molecule has 14 heavy (non-hydrogen) atoms. The van der Waals surface area contributed by atoms with Crippen molar-refractivity contribution in [2.45, 2.75) is 40.2 Å². The third-order valence-electron chi connectivity index (χ3n) is 1.97. The summed E-state index contributed by atoms with van der Waals surface area (Å²) in [6.45, 7) is 7.49. The minimum absolute atomic E-state index is 0.0891. The van der Waals surface area contributed by atoms with Gasteiger partial charge in [-0.2, -0.15) is 0 Å². The summed E-state index contributed by atoms with van der Waals surface area (Å²) in [6, 6.07) is 0. The molecule has 0 aliphatic heterocycles. The maximum atomic E-state index is 11.2. The molecule has 4 nitrogen and oxygen atoms in total. The molecule has 0 aliphatic rings. The van der Waals surface area contributed by atoms with Crippen LogP contribution in [-0.4, -0.2) is 31.9 Å². The van der Waals surface area contributed by atoms with E-state index in [2.05, 4.69) is 4.72 Å². The highest BCUT2D eigenvalue weighted by Crippen LogP contribution is 2.18. The maximum Gasteiger partial charge on any atom is 0.211 e. The van der Waals surface area contributed by atoms with Gasteiger partial charge in [-0.3, -0.25) is 0 Å². The van der Waals surface area contributed by atoms with Crippen LogP contribution in [0.4, 0.5) is 0 Å². The molecule has 0 aliphatic carbocycles. The number of hydrogen-bond donors (Lipinski definition) is 2. The van der Waals surface area contributed by atoms with Gasteiger partial charge in [0.05, 0.1) is 11.9 Å². The number of hydrogen-bond acceptors (Lipinski definition) is 3. The van der Waals surface area contributed by atoms with Gasteiger partial charge >= 0.3 is 0 Å². The van der Waals surface area contributed by atoms with E-state index in [1.165, 1.54) is 0 Å². The van der Waals surface area contributed by atoms with Gasteiger partial charge < -0.3 is 5.11 Å². The molecule has 0 heterocycles. The zero-order valence-electron chi connectivity index (χ0n) is 9.37. The Bertz CT molecular complexity index is 254. The number of rotatable bonds is 5. The van der Waals surface area contributed by atoms with E-state index in [0.29, 0.717) is 6.42 Å². The summed E-state index contributed by atoms with van der Waals surface area (Å²) in [5.74, 6) is 0.115. The summed E-state index contributed by atoms with van der Waals surface area (Å²) in [4.78, 5) is 0. The Labute approximate surface area is 86.8 Å². The van der Waals surface area contributed by atoms with Crippen molar-refractivity contribution in [3.05, 3.63) is 0 Å². The van der Waals surface area contributed by atoms with E-state index >= 15 is 0 Å². The van der Waals surface area contributed by atoms with E-state index in [0.717, 1.165) is 0 Å². The Kier molecular flexibility index (Phi) is 5.05. The van der Waals surface area contributed by atoms with Crippen LogP contribution in [0.3, 0.4) is 0 Å². The third kappa shape index (κ3) is 5.57. The van der Waals surface area contributed by atoms with Crippen LogP contribution >= 0.6 is 0 Å². The van der Waals surface area contributed by atoms with Crippen molar-refractivity contribution in [2.75, 3.05) is 12.3 Å². The Morgan fingerprint density at radius 2 is 1.86 bits per heavy atom. The summed E-state index contributed by atoms with van der Waals surface area (Å²) >= 11 is 0. The van der Waals surface area contributed by atoms with E-state index < -0.39 is 16.1 Å². The molecule has 0 bridgehead atoms. The van der Waals surface area contributed by atoms with Gasteiger partial charge in [0.2, 0.25) is 10.0 Å². The summed E-state index contributed by atoms with van der Waals surface area (Å²) < 4.78 is 24.9. The molecule has 0 aromatic rings. The highest BCUT2D eigenvalue weighted by atomic mass is 32.2. The zero-order valence-corrected chi connectivity index (χ0v) is 10.2. The summed E-state index contributed by atoms with van der Waals surface area (Å²) in [7, 11) is -3.20. The van der Waals surface area contributed by atoms with Gasteiger partial charge in [-0.1, -0.05) is 27.7 Å². The quantitative estimate of drug-likeness (QED) is 0.722. The van der Waals surface area contributed by atoms with Crippen LogP contribution in [0.15, 0.2) is 0 Å². The van der Waals surface area contributed by atoms with Crippen molar-refractivity contribution < 1.29 is 13.5 Å². The zero-order chi connectivity index (χ0) is 11.4. The average Bonchev–Trinajstić information content (AvgIpc) is 1.98. The van der Waals surface area contributed by atoms with Crippen LogP contribution in [0.25, 0.3) is 0 Å². The second kappa shape index (κ2) is 5.09. The van der Waals surface area contributed by atoms with E-state index in [1.54, 1.807) is 6.92 Å². The Hall–Kier alpha value is -0.130. The van der Waals surface area contributed by atoms with E-state index in [1.807, 2.05) is 20.8 Å². The Balaban J connectivity index is 4.07. The summed E-state index contributed by atoms with van der Waals surface area (Å²) in [6.07, 6.45) is -0.0739. The van der Waals surface area contributed by atoms with Crippen molar-refractivity contribution in [1.82, 2.24) is 4.72 Å². The number of nitrogens with one attached hydrogen (secondary N) is 1. The maximum absolute atomic E-state index is 11.2. The number of aliphatic hydroxyl groups excluding tert-OH is 1. The molecule has 0 saturated carbocycles. The highest BCUT2D eigenvalue weighted by molar-refractivity contribution is 7.89. The predicted molar refractivity (Wildman–Crippen MR) is 57.5 cm³/mol. The fourth-order valence-corrected chi connectivity index (χ4v) is 1.95. The highest BCUT2D eigenvalue weighted by Gasteiger charge is 2.23. The lowest BCUT2D eigenvalue weighted by molar-refractivity contribution is 0.0677. The Morgan fingerprint density at radius 1 is 1.36 bits per heavy atom. The van der Waals surface area contributed by atoms with Crippen LogP contribution in [0.1, 0.15) is 34.1 Å². The average molecular weight is 223 g/mol. The van der Waals surface area contributed by atoms with Crippen molar-refractivity contribution in [3.63, 3.8) is 0 Å². The largest absolute Gasteiger partial charge is 0.391 e. The van der Waals surface area contributed by atoms with Gasteiger partial charge in [-0.25, -0.2) is 13.1 Å². The lowest BCUT2D eigenvalue weighted by Gasteiger charge is -2.25. The first-order chi connectivity index (χ1) is 6.19. The van der Waals surface area contributed by atoms with Gasteiger partial charge in [0.25, 0.3) is 0 Å². The summed E-state index contributed by atoms with van der Waals surface area (Å²) in [5, 5.41) is 9.59. The molecule has 86 valence electrons. The van der Waals surface area contributed by atoms with Gasteiger partial charge in [0, 0.05) is 6.54 Å². The summed E-state index contributed by atoms with van der Waals surface area (Å²) in [5.41, 5.74) is -0.297. The first kappa shape index (κ1) is 13.9. The van der Waals surface area contributed by atoms with Crippen LogP contribution in [0.2, 0.25) is 0 Å². The van der Waals surface area contributed by atoms with Crippen LogP contribution in [-0.2, 0) is 10.0 Å². The molecule has 1 unspecified atom stereocenters. The molecular formula is C9H21NO3S. The number of sulfonamides is 1. The molecule has 0 aromatic heterocycles. The molecule has 2 N–H and O–H groups in total. The molecule has 0 radical (unpaired) electrons. The van der Waals surface area contributed by atoms with Gasteiger partial charge in [-0.15, -0.1) is 0 Å². The smallest absolute Gasteiger partial charge is 0.211 e. The fraction of sp³-hybridized carbons (Fsp3) is 1.00. The normalized spacial score (nSPS) is 15.5. The molecular weight excluding hydrogens is 202 g/mol. The topological polar surface area (TPSA) is 66.4 Å². The predicted octanol–water partition coefficient (Wildman–Crippen LogP) is 0.723. The van der Waals surface area contributed by atoms with Crippen molar-refractivity contribution in [2.24, 2.45) is 5.41 Å². The second-order valence-electron chi connectivity index (χ2n) is 4.55. The molecule has 1 atom stereocenters. The van der Waals surface area contributed by atoms with E-state index in [-0.39, 0.29) is 17.7 Å². The van der Waals surface area contributed by atoms with E-state index in [4.69, 9.17) is 0 Å². The lowest BCUT2D eigenvalue weighted by atomic mass is 9.89. The minimum Gasteiger partial charge on any atom is -0.391 e. The van der Waals surface area contributed by atoms with Crippen LogP contribution in [0, 0.1) is 5.41 Å². The molecule has 0 spiro atoms. The molecule has 0 saturated heterocycles. The SMILES string of the molecule is CCCS(=O)(=O)NCC(O)C(C)(C)C. The minimum atomic E-state index is -3.20. The fourth-order valence-electron chi connectivity index (χ4n) is 0.853. The van der Waals surface area contributed by atoms with Gasteiger partial charge in [0.1, 0.15) is 0 Å². The second-order valence-corrected chi connectivity index (χ2v) is 6.48. The molecule has 0 fully saturated rings. The standard InChI is InChI=1S/C9H21NO3S/c1-5-6-14(12,13)10-7-8(11)9(2,3)4/h8,10-11H,5-7H2,1-4H3.